The predicted octanol–water partition coefficient (Wildman–Crippen LogP) is 4.54. The Morgan fingerprint density at radius 1 is 1.20 bits per heavy atom. The molecule has 20 heavy (non-hydrogen) atoms. The van der Waals surface area contributed by atoms with Gasteiger partial charge in [-0.3, -0.25) is 0 Å². The average Bonchev–Trinajstić information content (AvgIpc) is 2.42. The van der Waals surface area contributed by atoms with Gasteiger partial charge in [-0.2, -0.15) is 0 Å². The highest BCUT2D eigenvalue weighted by atomic mass is 35.5. The van der Waals surface area contributed by atoms with Crippen molar-refractivity contribution >= 4 is 23.6 Å². The number of halogens is 1. The van der Waals surface area contributed by atoms with Crippen LogP contribution < -0.4 is 4.74 Å². The zero-order valence-corrected chi connectivity index (χ0v) is 11.6. The minimum atomic E-state index is -0.987. The molecule has 0 amide bonds. The molecule has 0 aliphatic carbocycles. The van der Waals surface area contributed by atoms with Crippen molar-refractivity contribution in [2.45, 2.75) is 6.92 Å². The minimum absolute atomic E-state index is 0.526. The number of benzene rings is 2. The quantitative estimate of drug-likeness (QED) is 0.840. The molecule has 4 heteroatoms. The Hall–Kier alpha value is -2.26. The van der Waals surface area contributed by atoms with Gasteiger partial charge in [0.05, 0.1) is 5.02 Å². The molecule has 0 saturated carbocycles. The molecule has 3 nitrogen and oxygen atoms in total. The van der Waals surface area contributed by atoms with Crippen molar-refractivity contribution in [1.82, 2.24) is 0 Å². The van der Waals surface area contributed by atoms with Gasteiger partial charge < -0.3 is 9.84 Å². The van der Waals surface area contributed by atoms with Crippen LogP contribution in [0.5, 0.6) is 11.5 Å². The molecular weight excluding hydrogens is 276 g/mol. The summed E-state index contributed by atoms with van der Waals surface area (Å²) in [4.78, 5) is 10.5. The van der Waals surface area contributed by atoms with Gasteiger partial charge in [0.25, 0.3) is 0 Å². The van der Waals surface area contributed by atoms with E-state index < -0.39 is 5.97 Å². The van der Waals surface area contributed by atoms with Crippen LogP contribution in [-0.4, -0.2) is 11.1 Å². The molecule has 2 aromatic rings. The summed E-state index contributed by atoms with van der Waals surface area (Å²) in [6.07, 6.45) is 2.60. The van der Waals surface area contributed by atoms with E-state index in [2.05, 4.69) is 0 Å². The molecule has 2 rings (SSSR count). The van der Waals surface area contributed by atoms with Crippen LogP contribution in [0.15, 0.2) is 48.5 Å². The van der Waals surface area contributed by atoms with E-state index in [-0.39, 0.29) is 0 Å². The third-order valence-electron chi connectivity index (χ3n) is 2.69. The zero-order chi connectivity index (χ0) is 14.5. The van der Waals surface area contributed by atoms with Gasteiger partial charge in [0.15, 0.2) is 0 Å². The fourth-order valence-electron chi connectivity index (χ4n) is 1.64. The Bertz CT molecular complexity index is 663. The number of hydrogen-bond acceptors (Lipinski definition) is 2. The lowest BCUT2D eigenvalue weighted by Crippen LogP contribution is -1.90. The second-order valence-electron chi connectivity index (χ2n) is 4.23. The summed E-state index contributed by atoms with van der Waals surface area (Å²) in [6.45, 7) is 1.91. The number of aryl methyl sites for hydroxylation is 1. The predicted molar refractivity (Wildman–Crippen MR) is 79.4 cm³/mol. The number of carbonyl (C=O) groups is 1. The van der Waals surface area contributed by atoms with Crippen LogP contribution in [0.2, 0.25) is 5.02 Å². The highest BCUT2D eigenvalue weighted by Crippen LogP contribution is 2.31. The van der Waals surface area contributed by atoms with Gasteiger partial charge in [-0.25, -0.2) is 4.79 Å². The van der Waals surface area contributed by atoms with Crippen molar-refractivity contribution in [2.75, 3.05) is 0 Å². The Morgan fingerprint density at radius 3 is 2.65 bits per heavy atom. The van der Waals surface area contributed by atoms with Crippen LogP contribution in [0.3, 0.4) is 0 Å². The summed E-state index contributed by atoms with van der Waals surface area (Å²) in [5, 5.41) is 9.16. The van der Waals surface area contributed by atoms with Crippen LogP contribution in [-0.2, 0) is 4.79 Å². The van der Waals surface area contributed by atoms with Crippen LogP contribution in [0.25, 0.3) is 6.08 Å². The largest absolute Gasteiger partial charge is 0.478 e. The van der Waals surface area contributed by atoms with Crippen molar-refractivity contribution in [1.29, 1.82) is 0 Å². The summed E-state index contributed by atoms with van der Waals surface area (Å²) < 4.78 is 5.77. The van der Waals surface area contributed by atoms with E-state index in [1.807, 2.05) is 31.2 Å². The molecule has 0 atom stereocenters. The molecule has 2 aromatic carbocycles. The molecule has 0 radical (unpaired) electrons. The van der Waals surface area contributed by atoms with E-state index in [0.717, 1.165) is 17.2 Å². The molecule has 1 N–H and O–H groups in total. The van der Waals surface area contributed by atoms with Crippen molar-refractivity contribution in [2.24, 2.45) is 0 Å². The molecular formula is C16H13ClO3. The van der Waals surface area contributed by atoms with Crippen molar-refractivity contribution in [3.8, 4) is 11.5 Å². The van der Waals surface area contributed by atoms with Gasteiger partial charge >= 0.3 is 5.97 Å². The first-order valence-electron chi connectivity index (χ1n) is 6.00. The molecule has 0 fully saturated rings. The van der Waals surface area contributed by atoms with Crippen LogP contribution in [0.1, 0.15) is 11.1 Å². The lowest BCUT2D eigenvalue weighted by Gasteiger charge is -2.10. The number of ether oxygens (including phenoxy) is 1. The summed E-state index contributed by atoms with van der Waals surface area (Å²) >= 11 is 6.05. The van der Waals surface area contributed by atoms with E-state index in [4.69, 9.17) is 21.4 Å². The molecule has 0 aromatic heterocycles. The first-order chi connectivity index (χ1) is 9.56. The maximum atomic E-state index is 10.5. The van der Waals surface area contributed by atoms with Gasteiger partial charge in [0, 0.05) is 6.08 Å². The number of hydrogen-bond donors (Lipinski definition) is 1. The maximum absolute atomic E-state index is 10.5. The molecule has 0 heterocycles. The number of carboxylic acids is 1. The van der Waals surface area contributed by atoms with Crippen molar-refractivity contribution < 1.29 is 14.6 Å². The molecule has 0 spiro atoms. The molecule has 0 bridgehead atoms. The van der Waals surface area contributed by atoms with Crippen molar-refractivity contribution in [3.63, 3.8) is 0 Å². The number of para-hydroxylation sites is 1. The topological polar surface area (TPSA) is 46.5 Å². The van der Waals surface area contributed by atoms with E-state index in [9.17, 15) is 4.79 Å². The Labute approximate surface area is 122 Å². The van der Waals surface area contributed by atoms with E-state index in [1.165, 1.54) is 6.08 Å². The zero-order valence-electron chi connectivity index (χ0n) is 10.8. The number of aliphatic carboxylic acids is 1. The highest BCUT2D eigenvalue weighted by Gasteiger charge is 2.05. The second-order valence-corrected chi connectivity index (χ2v) is 4.64. The van der Waals surface area contributed by atoms with Crippen LogP contribution >= 0.6 is 11.6 Å². The first kappa shape index (κ1) is 14.2. The summed E-state index contributed by atoms with van der Waals surface area (Å²) in [5.74, 6) is 0.224. The van der Waals surface area contributed by atoms with Gasteiger partial charge in [-0.15, -0.1) is 0 Å². The van der Waals surface area contributed by atoms with Crippen LogP contribution in [0, 0.1) is 6.92 Å². The molecule has 0 unspecified atom stereocenters. The van der Waals surface area contributed by atoms with Gasteiger partial charge in [-0.05, 0) is 42.3 Å². The minimum Gasteiger partial charge on any atom is -0.478 e. The van der Waals surface area contributed by atoms with Crippen LogP contribution in [0.4, 0.5) is 0 Å². The first-order valence-corrected chi connectivity index (χ1v) is 6.38. The third-order valence-corrected chi connectivity index (χ3v) is 3.00. The fraction of sp³-hybridized carbons (Fsp3) is 0.0625. The third kappa shape index (κ3) is 3.62. The molecule has 102 valence electrons. The lowest BCUT2D eigenvalue weighted by molar-refractivity contribution is -0.131. The normalized spacial score (nSPS) is 10.7. The average molecular weight is 289 g/mol. The van der Waals surface area contributed by atoms with Gasteiger partial charge in [-0.1, -0.05) is 35.9 Å². The standard InChI is InChI=1S/C16H13ClO3/c1-11-6-7-12(8-9-16(18)19)10-15(11)20-14-5-3-2-4-13(14)17/h2-10H,1H3,(H,18,19)/b9-8+. The molecule has 0 aliphatic heterocycles. The Kier molecular flexibility index (Phi) is 4.43. The number of rotatable bonds is 4. The van der Waals surface area contributed by atoms with E-state index in [0.29, 0.717) is 16.5 Å². The highest BCUT2D eigenvalue weighted by molar-refractivity contribution is 6.32. The molecule has 0 saturated heterocycles. The fourth-order valence-corrected chi connectivity index (χ4v) is 1.82. The summed E-state index contributed by atoms with van der Waals surface area (Å²) in [5.41, 5.74) is 1.69. The Morgan fingerprint density at radius 2 is 1.95 bits per heavy atom. The van der Waals surface area contributed by atoms with Crippen molar-refractivity contribution in [3.05, 3.63) is 64.7 Å². The smallest absolute Gasteiger partial charge is 0.328 e. The maximum Gasteiger partial charge on any atom is 0.328 e. The lowest BCUT2D eigenvalue weighted by atomic mass is 10.1. The van der Waals surface area contributed by atoms with E-state index in [1.54, 1.807) is 18.2 Å². The second kappa shape index (κ2) is 6.26. The summed E-state index contributed by atoms with van der Waals surface area (Å²) in [7, 11) is 0. The Balaban J connectivity index is 2.30. The van der Waals surface area contributed by atoms with E-state index >= 15 is 0 Å². The summed E-state index contributed by atoms with van der Waals surface area (Å²) in [6, 6.07) is 12.7. The monoisotopic (exact) mass is 288 g/mol. The van der Waals surface area contributed by atoms with Gasteiger partial charge in [0.2, 0.25) is 0 Å². The van der Waals surface area contributed by atoms with Gasteiger partial charge in [0.1, 0.15) is 11.5 Å². The SMILES string of the molecule is Cc1ccc(/C=C/C(=O)O)cc1Oc1ccccc1Cl. The number of carboxylic acid groups (broad SMARTS) is 1. The molecule has 0 aliphatic rings.